The molecule has 0 spiro atoms. The maximum atomic E-state index is 12.1. The molecule has 1 N–H and O–H groups in total. The normalized spacial score (nSPS) is 24.5. The molecule has 4 unspecified atom stereocenters. The van der Waals surface area contributed by atoms with E-state index in [1.807, 2.05) is 72.7 Å². The fourth-order valence-electron chi connectivity index (χ4n) is 4.10. The molecule has 2 heterocycles. The first kappa shape index (κ1) is 31.0. The first-order valence-corrected chi connectivity index (χ1v) is 13.5. The predicted octanol–water partition coefficient (Wildman–Crippen LogP) is 5.99. The van der Waals surface area contributed by atoms with Gasteiger partial charge in [-0.25, -0.2) is 9.59 Å². The number of piperidine rings is 2. The van der Waals surface area contributed by atoms with E-state index in [0.29, 0.717) is 37.6 Å². The molecule has 0 radical (unpaired) electrons. The smallest absolute Gasteiger partial charge is 0.410 e. The predicted molar refractivity (Wildman–Crippen MR) is 145 cm³/mol. The summed E-state index contributed by atoms with van der Waals surface area (Å²) in [5.74, 6) is 1.19. The highest BCUT2D eigenvalue weighted by Gasteiger charge is 2.32. The van der Waals surface area contributed by atoms with Crippen LogP contribution in [0.25, 0.3) is 0 Å². The molecule has 0 saturated carbocycles. The van der Waals surface area contributed by atoms with E-state index in [2.05, 4.69) is 6.92 Å². The number of halogens is 1. The van der Waals surface area contributed by atoms with Crippen LogP contribution in [0.4, 0.5) is 9.59 Å². The van der Waals surface area contributed by atoms with E-state index in [0.717, 1.165) is 12.2 Å². The number of ether oxygens (including phenoxy) is 3. The Hall–Kier alpha value is -2.19. The van der Waals surface area contributed by atoms with Gasteiger partial charge >= 0.3 is 12.2 Å². The van der Waals surface area contributed by atoms with E-state index < -0.39 is 11.2 Å². The van der Waals surface area contributed by atoms with Gasteiger partial charge in [-0.2, -0.15) is 0 Å². The standard InChI is InChI=1S/C17H24ClNO3.C11H21NO3/c1-12-11-19(16(20)22-17(2,3)4)10-9-15(12)21-14-7-5-13(18)6-8-14;1-8-7-12(6-5-9(8)13)10(14)15-11(2,3)4/h5-8,12,15H,9-11H2,1-4H3;8-9,13H,5-7H2,1-4H3. The lowest BCUT2D eigenvalue weighted by molar-refractivity contribution is -0.00507. The lowest BCUT2D eigenvalue weighted by atomic mass is 9.96. The van der Waals surface area contributed by atoms with Crippen LogP contribution in [0, 0.1) is 11.8 Å². The first-order chi connectivity index (χ1) is 17.0. The Morgan fingerprint density at radius 3 is 1.73 bits per heavy atom. The molecule has 8 nitrogen and oxygen atoms in total. The van der Waals surface area contributed by atoms with Crippen molar-refractivity contribution < 1.29 is 28.9 Å². The molecule has 9 heteroatoms. The Morgan fingerprint density at radius 2 is 1.30 bits per heavy atom. The third kappa shape index (κ3) is 11.0. The second-order valence-corrected chi connectivity index (χ2v) is 12.5. The van der Waals surface area contributed by atoms with Crippen molar-refractivity contribution in [2.75, 3.05) is 26.2 Å². The van der Waals surface area contributed by atoms with Crippen LogP contribution in [-0.2, 0) is 9.47 Å². The van der Waals surface area contributed by atoms with E-state index in [-0.39, 0.29) is 36.2 Å². The Bertz CT molecular complexity index is 880. The number of aliphatic hydroxyl groups is 1. The molecule has 2 aliphatic heterocycles. The van der Waals surface area contributed by atoms with E-state index in [4.69, 9.17) is 25.8 Å². The Morgan fingerprint density at radius 1 is 0.838 bits per heavy atom. The van der Waals surface area contributed by atoms with Crippen molar-refractivity contribution in [3.8, 4) is 5.75 Å². The summed E-state index contributed by atoms with van der Waals surface area (Å²) in [4.78, 5) is 27.2. The van der Waals surface area contributed by atoms with Gasteiger partial charge in [0, 0.05) is 43.5 Å². The van der Waals surface area contributed by atoms with Crippen LogP contribution in [-0.4, -0.2) is 76.7 Å². The average Bonchev–Trinajstić information content (AvgIpc) is 2.76. The van der Waals surface area contributed by atoms with Gasteiger partial charge in [-0.15, -0.1) is 0 Å². The van der Waals surface area contributed by atoms with Crippen LogP contribution >= 0.6 is 11.6 Å². The minimum absolute atomic E-state index is 0.0971. The van der Waals surface area contributed by atoms with Gasteiger partial charge in [0.2, 0.25) is 0 Å². The van der Waals surface area contributed by atoms with Crippen molar-refractivity contribution in [2.24, 2.45) is 11.8 Å². The van der Waals surface area contributed by atoms with Gasteiger partial charge in [-0.1, -0.05) is 25.4 Å². The molecule has 2 amide bonds. The number of amides is 2. The second-order valence-electron chi connectivity index (χ2n) is 12.1. The summed E-state index contributed by atoms with van der Waals surface area (Å²) in [6, 6.07) is 7.37. The summed E-state index contributed by atoms with van der Waals surface area (Å²) < 4.78 is 16.7. The molecule has 3 rings (SSSR count). The molecule has 0 aromatic heterocycles. The summed E-state index contributed by atoms with van der Waals surface area (Å²) in [5, 5.41) is 10.2. The number of hydrogen-bond donors (Lipinski definition) is 1. The fraction of sp³-hybridized carbons (Fsp3) is 0.714. The molecule has 210 valence electrons. The molecule has 0 aliphatic carbocycles. The molecule has 2 saturated heterocycles. The Kier molecular flexibility index (Phi) is 10.9. The number of carbonyl (C=O) groups is 2. The number of nitrogens with zero attached hydrogens (tertiary/aromatic N) is 2. The van der Waals surface area contributed by atoms with Gasteiger partial charge in [-0.3, -0.25) is 0 Å². The average molecular weight is 541 g/mol. The molecule has 1 aromatic carbocycles. The van der Waals surface area contributed by atoms with Gasteiger partial charge in [-0.05, 0) is 78.1 Å². The first-order valence-electron chi connectivity index (χ1n) is 13.1. The zero-order chi connectivity index (χ0) is 28.0. The third-order valence-corrected chi connectivity index (χ3v) is 6.34. The van der Waals surface area contributed by atoms with Crippen molar-refractivity contribution in [1.29, 1.82) is 0 Å². The fourth-order valence-corrected chi connectivity index (χ4v) is 4.23. The van der Waals surface area contributed by atoms with Crippen molar-refractivity contribution in [3.63, 3.8) is 0 Å². The molecule has 2 aliphatic rings. The number of carbonyl (C=O) groups excluding carboxylic acids is 2. The van der Waals surface area contributed by atoms with Crippen LogP contribution in [0.2, 0.25) is 5.02 Å². The third-order valence-electron chi connectivity index (χ3n) is 6.09. The van der Waals surface area contributed by atoms with Gasteiger partial charge in [0.05, 0.1) is 6.10 Å². The zero-order valence-electron chi connectivity index (χ0n) is 23.6. The summed E-state index contributed by atoms with van der Waals surface area (Å²) in [6.45, 7) is 17.7. The largest absolute Gasteiger partial charge is 0.490 e. The second kappa shape index (κ2) is 13.1. The van der Waals surface area contributed by atoms with E-state index in [1.165, 1.54) is 0 Å². The van der Waals surface area contributed by atoms with Crippen molar-refractivity contribution >= 4 is 23.8 Å². The minimum Gasteiger partial charge on any atom is -0.490 e. The maximum absolute atomic E-state index is 12.1. The van der Waals surface area contributed by atoms with Gasteiger partial charge in [0.1, 0.15) is 23.1 Å². The van der Waals surface area contributed by atoms with Crippen molar-refractivity contribution in [1.82, 2.24) is 9.80 Å². The van der Waals surface area contributed by atoms with Crippen LogP contribution in [0.3, 0.4) is 0 Å². The highest BCUT2D eigenvalue weighted by molar-refractivity contribution is 6.30. The van der Waals surface area contributed by atoms with E-state index >= 15 is 0 Å². The Balaban J connectivity index is 0.000000281. The topological polar surface area (TPSA) is 88.5 Å². The van der Waals surface area contributed by atoms with Gasteiger partial charge in [0.25, 0.3) is 0 Å². The minimum atomic E-state index is -0.461. The molecule has 1 aromatic rings. The van der Waals surface area contributed by atoms with Gasteiger partial charge < -0.3 is 29.1 Å². The number of rotatable bonds is 2. The monoisotopic (exact) mass is 540 g/mol. The highest BCUT2D eigenvalue weighted by Crippen LogP contribution is 2.25. The molecular weight excluding hydrogens is 496 g/mol. The molecule has 2 fully saturated rings. The van der Waals surface area contributed by atoms with E-state index in [9.17, 15) is 14.7 Å². The molecule has 0 bridgehead atoms. The van der Waals surface area contributed by atoms with Crippen LogP contribution in [0.5, 0.6) is 5.75 Å². The summed E-state index contributed by atoms with van der Waals surface area (Å²) >= 11 is 5.88. The molecule has 4 atom stereocenters. The molecule has 37 heavy (non-hydrogen) atoms. The van der Waals surface area contributed by atoms with Crippen LogP contribution in [0.1, 0.15) is 68.2 Å². The zero-order valence-corrected chi connectivity index (χ0v) is 24.4. The van der Waals surface area contributed by atoms with Crippen LogP contribution < -0.4 is 4.74 Å². The summed E-state index contributed by atoms with van der Waals surface area (Å²) in [6.07, 6.45) is 0.720. The Labute approximate surface area is 227 Å². The molecular formula is C28H45ClN2O6. The van der Waals surface area contributed by atoms with Crippen molar-refractivity contribution in [2.45, 2.75) is 91.6 Å². The van der Waals surface area contributed by atoms with Gasteiger partial charge in [0.15, 0.2) is 0 Å². The maximum Gasteiger partial charge on any atom is 0.410 e. The quantitative estimate of drug-likeness (QED) is 0.495. The summed E-state index contributed by atoms with van der Waals surface area (Å²) in [7, 11) is 0. The SMILES string of the molecule is CC1CN(C(=O)OC(C)(C)C)CCC1O.CC1CN(C(=O)OC(C)(C)C)CCC1Oc1ccc(Cl)cc1. The lowest BCUT2D eigenvalue weighted by Crippen LogP contribution is -2.48. The number of aliphatic hydroxyl groups excluding tert-OH is 1. The number of likely N-dealkylation sites (tertiary alicyclic amines) is 2. The van der Waals surface area contributed by atoms with Crippen LogP contribution in [0.15, 0.2) is 24.3 Å². The lowest BCUT2D eigenvalue weighted by Gasteiger charge is -2.37. The van der Waals surface area contributed by atoms with E-state index in [1.54, 1.807) is 9.80 Å². The summed E-state index contributed by atoms with van der Waals surface area (Å²) in [5.41, 5.74) is -0.909. The van der Waals surface area contributed by atoms with Crippen molar-refractivity contribution in [3.05, 3.63) is 29.3 Å². The number of benzene rings is 1. The number of hydrogen-bond acceptors (Lipinski definition) is 6. The highest BCUT2D eigenvalue weighted by atomic mass is 35.5.